The molecule has 196 valence electrons. The molecule has 11 heteroatoms. The lowest BCUT2D eigenvalue weighted by molar-refractivity contribution is -0.127. The smallest absolute Gasteiger partial charge is 0.251 e. The number of nitrogens with one attached hydrogen (secondary N) is 1. The molecule has 2 atom stereocenters. The van der Waals surface area contributed by atoms with Gasteiger partial charge in [0.25, 0.3) is 5.91 Å². The number of hydrogen-bond acceptors (Lipinski definition) is 6. The van der Waals surface area contributed by atoms with Crippen molar-refractivity contribution in [3.8, 4) is 11.4 Å². The third-order valence-corrected chi connectivity index (χ3v) is 6.05. The van der Waals surface area contributed by atoms with Crippen molar-refractivity contribution in [1.29, 1.82) is 0 Å². The van der Waals surface area contributed by atoms with E-state index in [-0.39, 0.29) is 36.0 Å². The van der Waals surface area contributed by atoms with Crippen LogP contribution in [0.5, 0.6) is 0 Å². The van der Waals surface area contributed by atoms with Gasteiger partial charge in [0.05, 0.1) is 11.8 Å². The molecule has 1 N–H and O–H groups in total. The zero-order valence-electron chi connectivity index (χ0n) is 20.8. The average Bonchev–Trinajstić information content (AvgIpc) is 3.56. The summed E-state index contributed by atoms with van der Waals surface area (Å²) < 4.78 is 33.8. The van der Waals surface area contributed by atoms with Crippen molar-refractivity contribution in [1.82, 2.24) is 25.5 Å². The highest BCUT2D eigenvalue weighted by molar-refractivity contribution is 6.00. The maximum atomic E-state index is 15.0. The number of tetrazole rings is 1. The van der Waals surface area contributed by atoms with Crippen LogP contribution in [0.25, 0.3) is 11.4 Å². The molecule has 0 radical (unpaired) electrons. The largest absolute Gasteiger partial charge is 0.376 e. The summed E-state index contributed by atoms with van der Waals surface area (Å²) in [4.78, 5) is 29.2. The van der Waals surface area contributed by atoms with Crippen LogP contribution in [0.1, 0.15) is 33.1 Å². The maximum absolute atomic E-state index is 15.0. The van der Waals surface area contributed by atoms with E-state index in [1.807, 2.05) is 13.8 Å². The van der Waals surface area contributed by atoms with Gasteiger partial charge in [-0.15, -0.1) is 10.2 Å². The van der Waals surface area contributed by atoms with E-state index in [4.69, 9.17) is 4.74 Å². The van der Waals surface area contributed by atoms with E-state index in [0.29, 0.717) is 25.1 Å². The molecule has 37 heavy (non-hydrogen) atoms. The topological polar surface area (TPSA) is 102 Å². The van der Waals surface area contributed by atoms with Gasteiger partial charge in [0.1, 0.15) is 24.2 Å². The molecule has 0 saturated carbocycles. The van der Waals surface area contributed by atoms with Gasteiger partial charge >= 0.3 is 0 Å². The zero-order chi connectivity index (χ0) is 26.4. The van der Waals surface area contributed by atoms with Crippen molar-refractivity contribution >= 4 is 17.5 Å². The van der Waals surface area contributed by atoms with Gasteiger partial charge < -0.3 is 10.1 Å². The Labute approximate surface area is 213 Å². The monoisotopic (exact) mass is 512 g/mol. The molecule has 1 aliphatic heterocycles. The fourth-order valence-electron chi connectivity index (χ4n) is 4.26. The number of carbonyl (C=O) groups is 2. The molecule has 1 fully saturated rings. The molecule has 3 aromatic rings. The van der Waals surface area contributed by atoms with Crippen molar-refractivity contribution in [3.63, 3.8) is 0 Å². The number of ether oxygens (including phenoxy) is 1. The van der Waals surface area contributed by atoms with Gasteiger partial charge in [-0.1, -0.05) is 26.0 Å². The van der Waals surface area contributed by atoms with E-state index in [1.54, 1.807) is 6.07 Å². The van der Waals surface area contributed by atoms with Crippen LogP contribution >= 0.6 is 0 Å². The number of aromatic nitrogens is 4. The SMILES string of the molecule is CC(C)C[C@H](C(=O)NC[C@H]1CCCO1)N(C(=O)Cn1nnc(-c2ccc(F)cc2)n1)c1ccccc1F. The number of benzene rings is 2. The number of halogens is 2. The summed E-state index contributed by atoms with van der Waals surface area (Å²) in [6, 6.07) is 10.4. The molecule has 1 aliphatic rings. The first kappa shape index (κ1) is 26.3. The van der Waals surface area contributed by atoms with Crippen LogP contribution < -0.4 is 10.2 Å². The number of nitrogens with zero attached hydrogens (tertiary/aromatic N) is 5. The molecule has 0 bridgehead atoms. The Hall–Kier alpha value is -3.73. The highest BCUT2D eigenvalue weighted by Crippen LogP contribution is 2.25. The van der Waals surface area contributed by atoms with Gasteiger partial charge in [0, 0.05) is 18.7 Å². The summed E-state index contributed by atoms with van der Waals surface area (Å²) in [5.74, 6) is -1.75. The fourth-order valence-corrected chi connectivity index (χ4v) is 4.26. The van der Waals surface area contributed by atoms with Gasteiger partial charge in [-0.2, -0.15) is 4.80 Å². The van der Waals surface area contributed by atoms with E-state index in [2.05, 4.69) is 20.7 Å². The number of rotatable bonds is 10. The molecule has 0 spiro atoms. The third-order valence-electron chi connectivity index (χ3n) is 6.05. The molecule has 2 heterocycles. The first-order valence-electron chi connectivity index (χ1n) is 12.3. The summed E-state index contributed by atoms with van der Waals surface area (Å²) in [6.45, 7) is 4.45. The Morgan fingerprint density at radius 1 is 1.16 bits per heavy atom. The van der Waals surface area contributed by atoms with Crippen molar-refractivity contribution in [2.24, 2.45) is 5.92 Å². The quantitative estimate of drug-likeness (QED) is 0.447. The molecular formula is C26H30F2N6O3. The minimum Gasteiger partial charge on any atom is -0.376 e. The average molecular weight is 513 g/mol. The predicted molar refractivity (Wildman–Crippen MR) is 132 cm³/mol. The second kappa shape index (κ2) is 12.0. The fraction of sp³-hybridized carbons (Fsp3) is 0.423. The van der Waals surface area contributed by atoms with Gasteiger partial charge in [0.15, 0.2) is 0 Å². The lowest BCUT2D eigenvalue weighted by Gasteiger charge is -2.32. The van der Waals surface area contributed by atoms with Crippen molar-refractivity contribution in [2.75, 3.05) is 18.1 Å². The van der Waals surface area contributed by atoms with E-state index in [0.717, 1.165) is 17.6 Å². The van der Waals surface area contributed by atoms with Gasteiger partial charge in [-0.3, -0.25) is 14.5 Å². The van der Waals surface area contributed by atoms with Crippen LogP contribution in [0.4, 0.5) is 14.5 Å². The number of para-hydroxylation sites is 1. The van der Waals surface area contributed by atoms with Gasteiger partial charge in [-0.05, 0) is 66.8 Å². The van der Waals surface area contributed by atoms with E-state index in [1.165, 1.54) is 47.4 Å². The Morgan fingerprint density at radius 3 is 2.59 bits per heavy atom. The molecule has 2 aromatic carbocycles. The number of anilines is 1. The van der Waals surface area contributed by atoms with Crippen molar-refractivity contribution < 1.29 is 23.1 Å². The summed E-state index contributed by atoms with van der Waals surface area (Å²) in [6.07, 6.45) is 2.01. The van der Waals surface area contributed by atoms with E-state index < -0.39 is 23.6 Å². The summed E-state index contributed by atoms with van der Waals surface area (Å²) >= 11 is 0. The summed E-state index contributed by atoms with van der Waals surface area (Å²) in [5.41, 5.74) is 0.515. The standard InChI is InChI=1S/C26H30F2N6O3/c1-17(2)14-23(26(36)29-15-20-6-5-13-37-20)34(22-8-4-3-7-21(22)28)24(35)16-33-31-25(30-32-33)18-9-11-19(27)12-10-18/h3-4,7-12,17,20,23H,5-6,13-16H2,1-2H3,(H,29,36)/t20-,23-/m1/s1. The van der Waals surface area contributed by atoms with Crippen LogP contribution in [0.15, 0.2) is 48.5 Å². The molecule has 9 nitrogen and oxygen atoms in total. The Balaban J connectivity index is 1.59. The van der Waals surface area contributed by atoms with E-state index >= 15 is 0 Å². The van der Waals surface area contributed by atoms with Crippen LogP contribution in [0.3, 0.4) is 0 Å². The molecular weight excluding hydrogens is 482 g/mol. The summed E-state index contributed by atoms with van der Waals surface area (Å²) in [7, 11) is 0. The van der Waals surface area contributed by atoms with Gasteiger partial charge in [0.2, 0.25) is 11.7 Å². The second-order valence-electron chi connectivity index (χ2n) is 9.39. The first-order chi connectivity index (χ1) is 17.8. The van der Waals surface area contributed by atoms with Crippen LogP contribution in [-0.4, -0.2) is 57.3 Å². The molecule has 0 unspecified atom stereocenters. The number of hydrogen-bond donors (Lipinski definition) is 1. The Bertz CT molecular complexity index is 1210. The lowest BCUT2D eigenvalue weighted by atomic mass is 10.00. The Kier molecular flexibility index (Phi) is 8.54. The van der Waals surface area contributed by atoms with Crippen LogP contribution in [0, 0.1) is 17.6 Å². The number of carbonyl (C=O) groups excluding carboxylic acids is 2. The van der Waals surface area contributed by atoms with E-state index in [9.17, 15) is 18.4 Å². The number of amides is 2. The normalized spacial score (nSPS) is 16.1. The van der Waals surface area contributed by atoms with Crippen LogP contribution in [0.2, 0.25) is 0 Å². The first-order valence-corrected chi connectivity index (χ1v) is 12.3. The zero-order valence-corrected chi connectivity index (χ0v) is 20.8. The second-order valence-corrected chi connectivity index (χ2v) is 9.39. The molecule has 1 aromatic heterocycles. The van der Waals surface area contributed by atoms with Gasteiger partial charge in [-0.25, -0.2) is 8.78 Å². The molecule has 0 aliphatic carbocycles. The lowest BCUT2D eigenvalue weighted by Crippen LogP contribution is -2.52. The summed E-state index contributed by atoms with van der Waals surface area (Å²) in [5, 5.41) is 15.0. The molecule has 4 rings (SSSR count). The molecule has 2 amide bonds. The minimum absolute atomic E-state index is 0.00992. The highest BCUT2D eigenvalue weighted by Gasteiger charge is 2.34. The Morgan fingerprint density at radius 2 is 1.92 bits per heavy atom. The van der Waals surface area contributed by atoms with Crippen molar-refractivity contribution in [3.05, 3.63) is 60.2 Å². The minimum atomic E-state index is -0.967. The van der Waals surface area contributed by atoms with Crippen LogP contribution in [-0.2, 0) is 20.9 Å². The third kappa shape index (κ3) is 6.73. The predicted octanol–water partition coefficient (Wildman–Crippen LogP) is 3.36. The highest BCUT2D eigenvalue weighted by atomic mass is 19.1. The maximum Gasteiger partial charge on any atom is 0.251 e. The van der Waals surface area contributed by atoms with Crippen molar-refractivity contribution in [2.45, 2.75) is 51.8 Å². The molecule has 1 saturated heterocycles.